The SMILES string of the molecule is CCNCC1(CN(C)C2CCN(C)CC2)CCCC(C)C1. The van der Waals surface area contributed by atoms with Gasteiger partial charge in [-0.1, -0.05) is 26.7 Å². The van der Waals surface area contributed by atoms with Gasteiger partial charge in [0.1, 0.15) is 0 Å². The number of piperidine rings is 1. The Labute approximate surface area is 132 Å². The third-order valence-electron chi connectivity index (χ3n) is 5.83. The van der Waals surface area contributed by atoms with Crippen LogP contribution in [0.15, 0.2) is 0 Å². The highest BCUT2D eigenvalue weighted by atomic mass is 15.2. The van der Waals surface area contributed by atoms with E-state index in [0.717, 1.165) is 18.5 Å². The molecule has 2 rings (SSSR count). The number of nitrogens with one attached hydrogen (secondary N) is 1. The van der Waals surface area contributed by atoms with E-state index in [9.17, 15) is 0 Å². The molecule has 124 valence electrons. The van der Waals surface area contributed by atoms with Gasteiger partial charge >= 0.3 is 0 Å². The normalized spacial score (nSPS) is 32.7. The molecular formula is C18H37N3. The second kappa shape index (κ2) is 7.94. The quantitative estimate of drug-likeness (QED) is 0.813. The van der Waals surface area contributed by atoms with Crippen LogP contribution in [0.1, 0.15) is 52.4 Å². The molecule has 1 N–H and O–H groups in total. The van der Waals surface area contributed by atoms with E-state index in [1.54, 1.807) is 0 Å². The lowest BCUT2D eigenvalue weighted by atomic mass is 9.69. The minimum absolute atomic E-state index is 0.520. The van der Waals surface area contributed by atoms with E-state index >= 15 is 0 Å². The second-order valence-electron chi connectivity index (χ2n) is 7.93. The Balaban J connectivity index is 1.93. The first kappa shape index (κ1) is 17.2. The Bertz CT molecular complexity index is 299. The molecule has 2 unspecified atom stereocenters. The minimum atomic E-state index is 0.520. The van der Waals surface area contributed by atoms with Crippen LogP contribution in [-0.4, -0.2) is 62.7 Å². The Kier molecular flexibility index (Phi) is 6.51. The van der Waals surface area contributed by atoms with Crippen molar-refractivity contribution in [3.63, 3.8) is 0 Å². The van der Waals surface area contributed by atoms with E-state index in [1.807, 2.05) is 0 Å². The van der Waals surface area contributed by atoms with Crippen LogP contribution in [0.2, 0.25) is 0 Å². The number of likely N-dealkylation sites (tertiary alicyclic amines) is 1. The molecule has 1 aliphatic carbocycles. The van der Waals surface area contributed by atoms with E-state index in [0.29, 0.717) is 5.41 Å². The topological polar surface area (TPSA) is 18.5 Å². The molecule has 1 saturated heterocycles. The average molecular weight is 296 g/mol. The van der Waals surface area contributed by atoms with E-state index in [-0.39, 0.29) is 0 Å². The molecule has 0 spiro atoms. The summed E-state index contributed by atoms with van der Waals surface area (Å²) in [5.74, 6) is 0.906. The van der Waals surface area contributed by atoms with Crippen LogP contribution in [-0.2, 0) is 0 Å². The average Bonchev–Trinajstić information content (AvgIpc) is 2.46. The third kappa shape index (κ3) is 4.94. The zero-order valence-corrected chi connectivity index (χ0v) is 14.8. The number of hydrogen-bond acceptors (Lipinski definition) is 3. The molecule has 0 radical (unpaired) electrons. The van der Waals surface area contributed by atoms with Crippen molar-refractivity contribution in [3.05, 3.63) is 0 Å². The molecule has 2 fully saturated rings. The maximum atomic E-state index is 3.66. The summed E-state index contributed by atoms with van der Waals surface area (Å²) in [7, 11) is 4.63. The van der Waals surface area contributed by atoms with Crippen LogP contribution in [0.25, 0.3) is 0 Å². The summed E-state index contributed by atoms with van der Waals surface area (Å²) in [5, 5.41) is 3.66. The van der Waals surface area contributed by atoms with Gasteiger partial charge in [-0.3, -0.25) is 0 Å². The summed E-state index contributed by atoms with van der Waals surface area (Å²) >= 11 is 0. The van der Waals surface area contributed by atoms with Crippen LogP contribution in [0, 0.1) is 11.3 Å². The van der Waals surface area contributed by atoms with Crippen molar-refractivity contribution in [1.29, 1.82) is 0 Å². The molecule has 1 heterocycles. The molecule has 0 aromatic carbocycles. The maximum Gasteiger partial charge on any atom is 0.0117 e. The van der Waals surface area contributed by atoms with Crippen molar-refractivity contribution in [2.75, 3.05) is 46.8 Å². The Morgan fingerprint density at radius 1 is 1.24 bits per heavy atom. The van der Waals surface area contributed by atoms with Gasteiger partial charge in [0.2, 0.25) is 0 Å². The van der Waals surface area contributed by atoms with Crippen molar-refractivity contribution in [3.8, 4) is 0 Å². The first-order valence-corrected chi connectivity index (χ1v) is 9.14. The van der Waals surface area contributed by atoms with E-state index < -0.39 is 0 Å². The van der Waals surface area contributed by atoms with Gasteiger partial charge in [-0.2, -0.15) is 0 Å². The molecule has 3 heteroatoms. The number of hydrogen-bond donors (Lipinski definition) is 1. The van der Waals surface area contributed by atoms with Crippen LogP contribution < -0.4 is 5.32 Å². The van der Waals surface area contributed by atoms with Crippen molar-refractivity contribution in [2.45, 2.75) is 58.4 Å². The van der Waals surface area contributed by atoms with Gasteiger partial charge in [0, 0.05) is 19.1 Å². The summed E-state index contributed by atoms with van der Waals surface area (Å²) in [6.45, 7) is 10.8. The Morgan fingerprint density at radius 2 is 1.95 bits per heavy atom. The molecular weight excluding hydrogens is 258 g/mol. The Morgan fingerprint density at radius 3 is 2.57 bits per heavy atom. The first-order chi connectivity index (χ1) is 10.0. The van der Waals surface area contributed by atoms with Crippen LogP contribution >= 0.6 is 0 Å². The smallest absolute Gasteiger partial charge is 0.0117 e. The fourth-order valence-electron chi connectivity index (χ4n) is 4.61. The lowest BCUT2D eigenvalue weighted by Gasteiger charge is -2.45. The lowest BCUT2D eigenvalue weighted by Crippen LogP contribution is -2.50. The molecule has 2 atom stereocenters. The number of nitrogens with zero attached hydrogens (tertiary/aromatic N) is 2. The van der Waals surface area contributed by atoms with Gasteiger partial charge in [0.15, 0.2) is 0 Å². The first-order valence-electron chi connectivity index (χ1n) is 9.14. The third-order valence-corrected chi connectivity index (χ3v) is 5.83. The van der Waals surface area contributed by atoms with E-state index in [2.05, 4.69) is 43.1 Å². The van der Waals surface area contributed by atoms with Gasteiger partial charge in [-0.25, -0.2) is 0 Å². The largest absolute Gasteiger partial charge is 0.316 e. The van der Waals surface area contributed by atoms with E-state index in [4.69, 9.17) is 0 Å². The number of rotatable bonds is 6. The Hall–Kier alpha value is -0.120. The van der Waals surface area contributed by atoms with Crippen LogP contribution in [0.4, 0.5) is 0 Å². The molecule has 0 aromatic rings. The fraction of sp³-hybridized carbons (Fsp3) is 1.00. The zero-order valence-electron chi connectivity index (χ0n) is 14.8. The highest BCUT2D eigenvalue weighted by Crippen LogP contribution is 2.40. The molecule has 21 heavy (non-hydrogen) atoms. The molecule has 0 aromatic heterocycles. The highest BCUT2D eigenvalue weighted by molar-refractivity contribution is 4.91. The van der Waals surface area contributed by atoms with Crippen molar-refractivity contribution in [2.24, 2.45) is 11.3 Å². The van der Waals surface area contributed by atoms with Gasteiger partial charge in [-0.05, 0) is 70.7 Å². The molecule has 3 nitrogen and oxygen atoms in total. The van der Waals surface area contributed by atoms with Crippen molar-refractivity contribution >= 4 is 0 Å². The molecule has 1 aliphatic heterocycles. The van der Waals surface area contributed by atoms with Crippen molar-refractivity contribution in [1.82, 2.24) is 15.1 Å². The zero-order chi connectivity index (χ0) is 15.3. The standard InChI is InChI=1S/C18H37N3/c1-5-19-14-18(10-6-7-16(2)13-18)15-21(4)17-8-11-20(3)12-9-17/h16-17,19H,5-15H2,1-4H3. The van der Waals surface area contributed by atoms with Crippen LogP contribution in [0.3, 0.4) is 0 Å². The molecule has 0 bridgehead atoms. The maximum absolute atomic E-state index is 3.66. The lowest BCUT2D eigenvalue weighted by molar-refractivity contribution is 0.0543. The van der Waals surface area contributed by atoms with Gasteiger partial charge in [-0.15, -0.1) is 0 Å². The summed E-state index contributed by atoms with van der Waals surface area (Å²) < 4.78 is 0. The minimum Gasteiger partial charge on any atom is -0.316 e. The van der Waals surface area contributed by atoms with Gasteiger partial charge < -0.3 is 15.1 Å². The summed E-state index contributed by atoms with van der Waals surface area (Å²) in [6, 6.07) is 0.803. The van der Waals surface area contributed by atoms with Gasteiger partial charge in [0.05, 0.1) is 0 Å². The predicted molar refractivity (Wildman–Crippen MR) is 91.8 cm³/mol. The highest BCUT2D eigenvalue weighted by Gasteiger charge is 2.37. The fourth-order valence-corrected chi connectivity index (χ4v) is 4.61. The summed E-state index contributed by atoms with van der Waals surface area (Å²) in [6.07, 6.45) is 8.39. The van der Waals surface area contributed by atoms with Crippen molar-refractivity contribution < 1.29 is 0 Å². The summed E-state index contributed by atoms with van der Waals surface area (Å²) in [4.78, 5) is 5.17. The molecule has 1 saturated carbocycles. The monoisotopic (exact) mass is 295 g/mol. The molecule has 0 amide bonds. The molecule has 2 aliphatic rings. The van der Waals surface area contributed by atoms with Crippen LogP contribution in [0.5, 0.6) is 0 Å². The predicted octanol–water partition coefficient (Wildman–Crippen LogP) is 2.82. The van der Waals surface area contributed by atoms with E-state index in [1.165, 1.54) is 64.7 Å². The van der Waals surface area contributed by atoms with Gasteiger partial charge in [0.25, 0.3) is 0 Å². The summed E-state index contributed by atoms with van der Waals surface area (Å²) in [5.41, 5.74) is 0.520. The second-order valence-corrected chi connectivity index (χ2v) is 7.93.